The number of nitrogens with zero attached hydrogens (tertiary/aromatic N) is 1. The van der Waals surface area contributed by atoms with Crippen LogP contribution in [0.2, 0.25) is 0 Å². The fourth-order valence-corrected chi connectivity index (χ4v) is 1.36. The van der Waals surface area contributed by atoms with E-state index < -0.39 is 0 Å². The van der Waals surface area contributed by atoms with Crippen LogP contribution in [0.4, 0.5) is 0 Å². The van der Waals surface area contributed by atoms with Crippen LogP contribution in [0.15, 0.2) is 24.3 Å². The molecule has 0 spiro atoms. The molecule has 0 unspecified atom stereocenters. The molecule has 0 saturated heterocycles. The van der Waals surface area contributed by atoms with E-state index in [1.165, 1.54) is 4.90 Å². The molecule has 0 aliphatic carbocycles. The van der Waals surface area contributed by atoms with Crippen molar-refractivity contribution in [2.45, 2.75) is 26.8 Å². The fourth-order valence-electron chi connectivity index (χ4n) is 1.36. The molecule has 0 N–H and O–H groups in total. The van der Waals surface area contributed by atoms with Gasteiger partial charge in [0.05, 0.1) is 0 Å². The summed E-state index contributed by atoms with van der Waals surface area (Å²) < 4.78 is 0. The minimum atomic E-state index is -0.238. The normalized spacial score (nSPS) is 10.1. The van der Waals surface area contributed by atoms with E-state index in [0.717, 1.165) is 5.56 Å². The second kappa shape index (κ2) is 4.73. The molecule has 0 fully saturated rings. The average Bonchev–Trinajstić information content (AvgIpc) is 2.18. The first-order chi connectivity index (χ1) is 7.07. The van der Waals surface area contributed by atoms with E-state index in [4.69, 9.17) is 0 Å². The molecule has 0 aliphatic heterocycles. The Hall–Kier alpha value is -1.64. The summed E-state index contributed by atoms with van der Waals surface area (Å²) in [6.07, 6.45) is 0.583. The van der Waals surface area contributed by atoms with Crippen LogP contribution in [0, 0.1) is 6.92 Å². The van der Waals surface area contributed by atoms with E-state index in [2.05, 4.69) is 0 Å². The van der Waals surface area contributed by atoms with Gasteiger partial charge < -0.3 is 0 Å². The Morgan fingerprint density at radius 2 is 1.93 bits per heavy atom. The molecule has 80 valence electrons. The number of benzene rings is 1. The van der Waals surface area contributed by atoms with E-state index in [1.54, 1.807) is 12.1 Å². The van der Waals surface area contributed by atoms with Crippen LogP contribution in [0.1, 0.15) is 29.8 Å². The van der Waals surface area contributed by atoms with Crippen molar-refractivity contribution < 1.29 is 9.59 Å². The first kappa shape index (κ1) is 11.4. The van der Waals surface area contributed by atoms with Gasteiger partial charge in [-0.25, -0.2) is 0 Å². The quantitative estimate of drug-likeness (QED) is 0.708. The van der Waals surface area contributed by atoms with Crippen LogP contribution in [0.25, 0.3) is 0 Å². The third-order valence-corrected chi connectivity index (χ3v) is 2.28. The summed E-state index contributed by atoms with van der Waals surface area (Å²) in [6, 6.07) is 7.14. The second-order valence-corrected chi connectivity index (χ2v) is 3.73. The molecule has 15 heavy (non-hydrogen) atoms. The molecule has 0 aromatic heterocycles. The van der Waals surface area contributed by atoms with Gasteiger partial charge in [0.15, 0.2) is 0 Å². The first-order valence-corrected chi connectivity index (χ1v) is 4.91. The lowest BCUT2D eigenvalue weighted by atomic mass is 10.1. The Labute approximate surface area is 89.7 Å². The molecule has 1 rings (SSSR count). The van der Waals surface area contributed by atoms with Gasteiger partial charge in [0.2, 0.25) is 6.41 Å². The number of rotatable bonds is 3. The monoisotopic (exact) mass is 205 g/mol. The maximum atomic E-state index is 11.9. The van der Waals surface area contributed by atoms with Crippen molar-refractivity contribution in [3.8, 4) is 0 Å². The van der Waals surface area contributed by atoms with Gasteiger partial charge in [-0.2, -0.15) is 0 Å². The van der Waals surface area contributed by atoms with Crippen molar-refractivity contribution in [2.24, 2.45) is 0 Å². The third kappa shape index (κ3) is 2.43. The molecule has 0 atom stereocenters. The van der Waals surface area contributed by atoms with Crippen LogP contribution in [-0.4, -0.2) is 23.3 Å². The number of aryl methyl sites for hydroxylation is 1. The Morgan fingerprint density at radius 1 is 1.33 bits per heavy atom. The van der Waals surface area contributed by atoms with Crippen molar-refractivity contribution in [1.29, 1.82) is 0 Å². The molecule has 3 nitrogen and oxygen atoms in total. The average molecular weight is 205 g/mol. The second-order valence-electron chi connectivity index (χ2n) is 3.73. The first-order valence-electron chi connectivity index (χ1n) is 4.91. The van der Waals surface area contributed by atoms with E-state index >= 15 is 0 Å². The fraction of sp³-hybridized carbons (Fsp3) is 0.333. The highest BCUT2D eigenvalue weighted by Crippen LogP contribution is 2.11. The van der Waals surface area contributed by atoms with Gasteiger partial charge in [-0.3, -0.25) is 14.5 Å². The number of imide groups is 1. The maximum Gasteiger partial charge on any atom is 0.260 e. The minimum Gasteiger partial charge on any atom is -0.279 e. The summed E-state index contributed by atoms with van der Waals surface area (Å²) in [5, 5.41) is 0. The minimum absolute atomic E-state index is 0.116. The standard InChI is InChI=1S/C12H15NO2/c1-9(2)13(8-14)12(15)11-7-5-4-6-10(11)3/h4-9H,1-3H3. The number of hydrogen-bond acceptors (Lipinski definition) is 2. The van der Waals surface area contributed by atoms with Gasteiger partial charge >= 0.3 is 0 Å². The zero-order valence-electron chi connectivity index (χ0n) is 9.23. The summed E-state index contributed by atoms with van der Waals surface area (Å²) in [6.45, 7) is 5.48. The molecule has 0 saturated carbocycles. The summed E-state index contributed by atoms with van der Waals surface area (Å²) in [7, 11) is 0. The highest BCUT2D eigenvalue weighted by atomic mass is 16.2. The molecule has 0 bridgehead atoms. The smallest absolute Gasteiger partial charge is 0.260 e. The zero-order chi connectivity index (χ0) is 11.4. The lowest BCUT2D eigenvalue weighted by Gasteiger charge is -2.20. The Kier molecular flexibility index (Phi) is 3.61. The summed E-state index contributed by atoms with van der Waals surface area (Å²) in [5.74, 6) is -0.238. The van der Waals surface area contributed by atoms with E-state index in [-0.39, 0.29) is 11.9 Å². The van der Waals surface area contributed by atoms with E-state index in [1.807, 2.05) is 32.9 Å². The number of hydrogen-bond donors (Lipinski definition) is 0. The van der Waals surface area contributed by atoms with Gasteiger partial charge in [0.1, 0.15) is 0 Å². The van der Waals surface area contributed by atoms with E-state index in [0.29, 0.717) is 12.0 Å². The van der Waals surface area contributed by atoms with Crippen LogP contribution < -0.4 is 0 Å². The van der Waals surface area contributed by atoms with Gasteiger partial charge in [0.25, 0.3) is 5.91 Å². The summed E-state index contributed by atoms with van der Waals surface area (Å²) in [4.78, 5) is 23.9. The molecule has 0 aliphatic rings. The maximum absolute atomic E-state index is 11.9. The van der Waals surface area contributed by atoms with Gasteiger partial charge in [-0.15, -0.1) is 0 Å². The summed E-state index contributed by atoms with van der Waals surface area (Å²) >= 11 is 0. The molecule has 3 heteroatoms. The van der Waals surface area contributed by atoms with Crippen molar-refractivity contribution in [3.63, 3.8) is 0 Å². The lowest BCUT2D eigenvalue weighted by Crippen LogP contribution is -2.35. The summed E-state index contributed by atoms with van der Waals surface area (Å²) in [5.41, 5.74) is 1.47. The predicted molar refractivity (Wildman–Crippen MR) is 58.5 cm³/mol. The molecular weight excluding hydrogens is 190 g/mol. The highest BCUT2D eigenvalue weighted by Gasteiger charge is 2.18. The Morgan fingerprint density at radius 3 is 2.40 bits per heavy atom. The lowest BCUT2D eigenvalue weighted by molar-refractivity contribution is -0.117. The molecular formula is C12H15NO2. The van der Waals surface area contributed by atoms with Crippen molar-refractivity contribution in [1.82, 2.24) is 4.90 Å². The molecule has 1 aromatic carbocycles. The van der Waals surface area contributed by atoms with Crippen LogP contribution in [0.3, 0.4) is 0 Å². The van der Waals surface area contributed by atoms with Crippen LogP contribution >= 0.6 is 0 Å². The van der Waals surface area contributed by atoms with Crippen molar-refractivity contribution in [2.75, 3.05) is 0 Å². The van der Waals surface area contributed by atoms with Gasteiger partial charge in [-0.1, -0.05) is 18.2 Å². The molecule has 1 aromatic rings. The van der Waals surface area contributed by atoms with Crippen molar-refractivity contribution >= 4 is 12.3 Å². The molecule has 0 radical (unpaired) electrons. The SMILES string of the molecule is Cc1ccccc1C(=O)N(C=O)C(C)C. The largest absolute Gasteiger partial charge is 0.279 e. The van der Waals surface area contributed by atoms with Gasteiger partial charge in [0, 0.05) is 11.6 Å². The van der Waals surface area contributed by atoms with Gasteiger partial charge in [-0.05, 0) is 32.4 Å². The number of carbonyl (C=O) groups excluding carboxylic acids is 2. The predicted octanol–water partition coefficient (Wildman–Crippen LogP) is 2.00. The third-order valence-electron chi connectivity index (χ3n) is 2.28. The van der Waals surface area contributed by atoms with Crippen LogP contribution in [0.5, 0.6) is 0 Å². The molecule has 2 amide bonds. The highest BCUT2D eigenvalue weighted by molar-refractivity contribution is 6.01. The van der Waals surface area contributed by atoms with Crippen LogP contribution in [-0.2, 0) is 4.79 Å². The zero-order valence-corrected chi connectivity index (χ0v) is 9.23. The number of carbonyl (C=O) groups is 2. The Balaban J connectivity index is 3.03. The molecule has 0 heterocycles. The van der Waals surface area contributed by atoms with E-state index in [9.17, 15) is 9.59 Å². The Bertz CT molecular complexity index is 372. The van der Waals surface area contributed by atoms with Crippen molar-refractivity contribution in [3.05, 3.63) is 35.4 Å². The topological polar surface area (TPSA) is 37.4 Å². The number of amides is 2.